The predicted octanol–water partition coefficient (Wildman–Crippen LogP) is 4.79. The van der Waals surface area contributed by atoms with Gasteiger partial charge < -0.3 is 10.1 Å². The third-order valence-electron chi connectivity index (χ3n) is 3.87. The Balaban J connectivity index is 1.88. The van der Waals surface area contributed by atoms with Gasteiger partial charge in [-0.1, -0.05) is 18.2 Å². The summed E-state index contributed by atoms with van der Waals surface area (Å²) in [5.74, 6) is 0.957. The van der Waals surface area contributed by atoms with E-state index in [0.29, 0.717) is 6.04 Å². The molecule has 0 bridgehead atoms. The van der Waals surface area contributed by atoms with Crippen molar-refractivity contribution in [2.45, 2.75) is 25.3 Å². The van der Waals surface area contributed by atoms with Crippen LogP contribution in [0.2, 0.25) is 0 Å². The van der Waals surface area contributed by atoms with Gasteiger partial charge in [-0.25, -0.2) is 0 Å². The lowest BCUT2D eigenvalue weighted by Crippen LogP contribution is -2.17. The van der Waals surface area contributed by atoms with Gasteiger partial charge in [-0.15, -0.1) is 0 Å². The number of hydrogen-bond donors (Lipinski definition) is 1. The first-order valence-electron chi connectivity index (χ1n) is 6.96. The lowest BCUT2D eigenvalue weighted by molar-refractivity contribution is 0.413. The molecule has 1 aliphatic rings. The van der Waals surface area contributed by atoms with E-state index >= 15 is 0 Å². The van der Waals surface area contributed by atoms with Crippen LogP contribution in [0.25, 0.3) is 0 Å². The van der Waals surface area contributed by atoms with Crippen molar-refractivity contribution in [3.05, 3.63) is 57.2 Å². The van der Waals surface area contributed by atoms with Crippen LogP contribution in [-0.2, 0) is 6.42 Å². The smallest absolute Gasteiger partial charge is 0.119 e. The van der Waals surface area contributed by atoms with Gasteiger partial charge >= 0.3 is 0 Å². The standard InChI is InChI=1S/C17H18INO/c1-20-13-9-10-14-12(11-13)5-4-8-16(14)19-17-7-3-2-6-15(17)18/h2-3,6-7,9-11,16,19H,4-5,8H2,1H3. The summed E-state index contributed by atoms with van der Waals surface area (Å²) in [4.78, 5) is 0. The van der Waals surface area contributed by atoms with Crippen LogP contribution < -0.4 is 10.1 Å². The molecule has 0 saturated carbocycles. The molecule has 2 aromatic rings. The van der Waals surface area contributed by atoms with E-state index in [0.717, 1.165) is 12.2 Å². The molecule has 1 unspecified atom stereocenters. The van der Waals surface area contributed by atoms with Gasteiger partial charge in [0.25, 0.3) is 0 Å². The molecule has 0 saturated heterocycles. The molecule has 1 N–H and O–H groups in total. The zero-order valence-corrected chi connectivity index (χ0v) is 13.7. The summed E-state index contributed by atoms with van der Waals surface area (Å²) in [6, 6.07) is 15.3. The maximum absolute atomic E-state index is 5.33. The molecule has 1 atom stereocenters. The van der Waals surface area contributed by atoms with E-state index in [1.807, 2.05) is 0 Å². The van der Waals surface area contributed by atoms with Crippen molar-refractivity contribution in [3.63, 3.8) is 0 Å². The lowest BCUT2D eigenvalue weighted by atomic mass is 9.87. The number of para-hydroxylation sites is 1. The van der Waals surface area contributed by atoms with Crippen LogP contribution in [0.15, 0.2) is 42.5 Å². The monoisotopic (exact) mass is 379 g/mol. The topological polar surface area (TPSA) is 21.3 Å². The van der Waals surface area contributed by atoms with Gasteiger partial charge in [0.1, 0.15) is 5.75 Å². The van der Waals surface area contributed by atoms with Crippen molar-refractivity contribution in [2.24, 2.45) is 0 Å². The van der Waals surface area contributed by atoms with E-state index in [2.05, 4.69) is 70.4 Å². The lowest BCUT2D eigenvalue weighted by Gasteiger charge is -2.28. The highest BCUT2D eigenvalue weighted by Gasteiger charge is 2.20. The molecular weight excluding hydrogens is 361 g/mol. The number of ether oxygens (including phenoxy) is 1. The molecule has 0 aromatic heterocycles. The number of anilines is 1. The average molecular weight is 379 g/mol. The largest absolute Gasteiger partial charge is 0.497 e. The molecule has 2 nitrogen and oxygen atoms in total. The van der Waals surface area contributed by atoms with Crippen molar-refractivity contribution >= 4 is 28.3 Å². The minimum atomic E-state index is 0.403. The third-order valence-corrected chi connectivity index (χ3v) is 4.81. The van der Waals surface area contributed by atoms with Crippen LogP contribution >= 0.6 is 22.6 Å². The summed E-state index contributed by atoms with van der Waals surface area (Å²) in [5.41, 5.74) is 4.05. The first kappa shape index (κ1) is 13.7. The van der Waals surface area contributed by atoms with Gasteiger partial charge in [0.15, 0.2) is 0 Å². The number of methoxy groups -OCH3 is 1. The Morgan fingerprint density at radius 1 is 1.20 bits per heavy atom. The minimum absolute atomic E-state index is 0.403. The second-order valence-electron chi connectivity index (χ2n) is 5.13. The van der Waals surface area contributed by atoms with Crippen molar-refractivity contribution < 1.29 is 4.74 Å². The summed E-state index contributed by atoms with van der Waals surface area (Å²) < 4.78 is 6.60. The molecule has 3 heteroatoms. The Morgan fingerprint density at radius 3 is 2.85 bits per heavy atom. The Hall–Kier alpha value is -1.23. The zero-order valence-electron chi connectivity index (χ0n) is 11.5. The van der Waals surface area contributed by atoms with Crippen LogP contribution in [0.3, 0.4) is 0 Å². The highest BCUT2D eigenvalue weighted by Crippen LogP contribution is 2.35. The maximum atomic E-state index is 5.33. The molecule has 0 radical (unpaired) electrons. The van der Waals surface area contributed by atoms with Gasteiger partial charge in [0.05, 0.1) is 13.2 Å². The molecule has 3 rings (SSSR count). The van der Waals surface area contributed by atoms with Crippen molar-refractivity contribution in [1.82, 2.24) is 0 Å². The van der Waals surface area contributed by atoms with Crippen LogP contribution in [0.1, 0.15) is 30.0 Å². The van der Waals surface area contributed by atoms with E-state index in [1.165, 1.54) is 33.2 Å². The van der Waals surface area contributed by atoms with Crippen molar-refractivity contribution in [1.29, 1.82) is 0 Å². The van der Waals surface area contributed by atoms with Crippen LogP contribution in [-0.4, -0.2) is 7.11 Å². The van der Waals surface area contributed by atoms with Crippen molar-refractivity contribution in [2.75, 3.05) is 12.4 Å². The maximum Gasteiger partial charge on any atom is 0.119 e. The molecule has 0 amide bonds. The van der Waals surface area contributed by atoms with Gasteiger partial charge in [-0.3, -0.25) is 0 Å². The molecule has 0 fully saturated rings. The summed E-state index contributed by atoms with van der Waals surface area (Å²) in [6.07, 6.45) is 3.56. The van der Waals surface area contributed by atoms with E-state index < -0.39 is 0 Å². The fourth-order valence-electron chi connectivity index (χ4n) is 2.83. The highest BCUT2D eigenvalue weighted by molar-refractivity contribution is 14.1. The Bertz CT molecular complexity index is 612. The molecule has 104 valence electrons. The minimum Gasteiger partial charge on any atom is -0.497 e. The average Bonchev–Trinajstić information content (AvgIpc) is 2.49. The number of rotatable bonds is 3. The fraction of sp³-hybridized carbons (Fsp3) is 0.294. The van der Waals surface area contributed by atoms with Gasteiger partial charge in [0.2, 0.25) is 0 Å². The molecule has 1 aliphatic carbocycles. The number of benzene rings is 2. The highest BCUT2D eigenvalue weighted by atomic mass is 127. The number of hydrogen-bond acceptors (Lipinski definition) is 2. The number of nitrogens with one attached hydrogen (secondary N) is 1. The van der Waals surface area contributed by atoms with Crippen LogP contribution in [0.4, 0.5) is 5.69 Å². The molecule has 0 aliphatic heterocycles. The normalized spacial score (nSPS) is 17.4. The number of halogens is 1. The molecule has 2 aromatic carbocycles. The number of aryl methyl sites for hydroxylation is 1. The first-order chi connectivity index (χ1) is 9.78. The quantitative estimate of drug-likeness (QED) is 0.775. The Morgan fingerprint density at radius 2 is 2.05 bits per heavy atom. The SMILES string of the molecule is COc1ccc2c(c1)CCCC2Nc1ccccc1I. The van der Waals surface area contributed by atoms with Crippen molar-refractivity contribution in [3.8, 4) is 5.75 Å². The van der Waals surface area contributed by atoms with E-state index in [1.54, 1.807) is 7.11 Å². The zero-order chi connectivity index (χ0) is 13.9. The molecule has 0 spiro atoms. The number of fused-ring (bicyclic) bond motifs is 1. The third kappa shape index (κ3) is 2.77. The van der Waals surface area contributed by atoms with E-state index in [9.17, 15) is 0 Å². The van der Waals surface area contributed by atoms with E-state index in [-0.39, 0.29) is 0 Å². The van der Waals surface area contributed by atoms with Gasteiger partial charge in [-0.2, -0.15) is 0 Å². The summed E-state index contributed by atoms with van der Waals surface area (Å²) in [7, 11) is 1.73. The Labute approximate surface area is 133 Å². The summed E-state index contributed by atoms with van der Waals surface area (Å²) in [5, 5.41) is 3.69. The predicted molar refractivity (Wildman–Crippen MR) is 91.5 cm³/mol. The molecular formula is C17H18INO. The van der Waals surface area contributed by atoms with Gasteiger partial charge in [0, 0.05) is 9.26 Å². The van der Waals surface area contributed by atoms with Gasteiger partial charge in [-0.05, 0) is 77.2 Å². The second-order valence-corrected chi connectivity index (χ2v) is 6.30. The molecule has 0 heterocycles. The van der Waals surface area contributed by atoms with Crippen LogP contribution in [0.5, 0.6) is 5.75 Å². The molecule has 20 heavy (non-hydrogen) atoms. The van der Waals surface area contributed by atoms with Crippen LogP contribution in [0, 0.1) is 3.57 Å². The summed E-state index contributed by atoms with van der Waals surface area (Å²) in [6.45, 7) is 0. The summed E-state index contributed by atoms with van der Waals surface area (Å²) >= 11 is 2.38. The van der Waals surface area contributed by atoms with E-state index in [4.69, 9.17) is 4.74 Å². The Kier molecular flexibility index (Phi) is 4.15. The fourth-order valence-corrected chi connectivity index (χ4v) is 3.38. The first-order valence-corrected chi connectivity index (χ1v) is 8.03. The second kappa shape index (κ2) is 6.04.